The van der Waals surface area contributed by atoms with Gasteiger partial charge in [0, 0.05) is 11.8 Å². The number of halogens is 1. The zero-order chi connectivity index (χ0) is 18.5. The second kappa shape index (κ2) is 7.99. The highest BCUT2D eigenvalue weighted by atomic mass is 19.1. The number of anilines is 1. The molecule has 1 amide bonds. The van der Waals surface area contributed by atoms with E-state index in [-0.39, 0.29) is 23.8 Å². The zero-order valence-electron chi connectivity index (χ0n) is 14.2. The third-order valence-electron chi connectivity index (χ3n) is 4.41. The molecule has 0 aromatic heterocycles. The summed E-state index contributed by atoms with van der Waals surface area (Å²) in [5.74, 6) is -1.85. The summed E-state index contributed by atoms with van der Waals surface area (Å²) in [5, 5.41) is 11.7. The minimum absolute atomic E-state index is 0.0532. The van der Waals surface area contributed by atoms with E-state index >= 15 is 0 Å². The summed E-state index contributed by atoms with van der Waals surface area (Å²) in [7, 11) is 0. The molecular formula is C20H20FNO4. The van der Waals surface area contributed by atoms with Gasteiger partial charge in [0.15, 0.2) is 11.6 Å². The van der Waals surface area contributed by atoms with Gasteiger partial charge in [0.1, 0.15) is 0 Å². The molecule has 1 fully saturated rings. The van der Waals surface area contributed by atoms with Gasteiger partial charge in [-0.15, -0.1) is 0 Å². The largest absolute Gasteiger partial charge is 0.487 e. The lowest BCUT2D eigenvalue weighted by Gasteiger charge is -2.14. The van der Waals surface area contributed by atoms with Gasteiger partial charge in [0.2, 0.25) is 5.91 Å². The van der Waals surface area contributed by atoms with Crippen LogP contribution in [0.5, 0.6) is 5.75 Å². The van der Waals surface area contributed by atoms with Gasteiger partial charge in [-0.1, -0.05) is 18.2 Å². The summed E-state index contributed by atoms with van der Waals surface area (Å²) in [6.45, 7) is 0. The molecule has 0 radical (unpaired) electrons. The third kappa shape index (κ3) is 4.39. The Labute approximate surface area is 150 Å². The topological polar surface area (TPSA) is 75.6 Å². The molecule has 0 aliphatic heterocycles. The molecule has 26 heavy (non-hydrogen) atoms. The fraction of sp³-hybridized carbons (Fsp3) is 0.300. The number of carbonyl (C=O) groups excluding carboxylic acids is 1. The monoisotopic (exact) mass is 357 g/mol. The van der Waals surface area contributed by atoms with Crippen LogP contribution in [0, 0.1) is 5.82 Å². The predicted molar refractivity (Wildman–Crippen MR) is 95.0 cm³/mol. The number of hydrogen-bond donors (Lipinski definition) is 2. The normalized spacial score (nSPS) is 14.2. The molecule has 0 unspecified atom stereocenters. The van der Waals surface area contributed by atoms with Crippen LogP contribution >= 0.6 is 0 Å². The van der Waals surface area contributed by atoms with Crippen LogP contribution < -0.4 is 10.1 Å². The number of nitrogens with one attached hydrogen (secondary N) is 1. The maximum absolute atomic E-state index is 14.2. The highest BCUT2D eigenvalue weighted by Crippen LogP contribution is 2.27. The van der Waals surface area contributed by atoms with Gasteiger partial charge in [-0.2, -0.15) is 0 Å². The highest BCUT2D eigenvalue weighted by Gasteiger charge is 2.18. The smallest absolute Gasteiger partial charge is 0.335 e. The Morgan fingerprint density at radius 2 is 1.88 bits per heavy atom. The number of rotatable bonds is 6. The summed E-state index contributed by atoms with van der Waals surface area (Å²) in [5.41, 5.74) is 0.785. The van der Waals surface area contributed by atoms with Crippen molar-refractivity contribution in [3.63, 3.8) is 0 Å². The van der Waals surface area contributed by atoms with Crippen molar-refractivity contribution in [1.29, 1.82) is 0 Å². The van der Waals surface area contributed by atoms with E-state index in [4.69, 9.17) is 9.84 Å². The first kappa shape index (κ1) is 17.9. The van der Waals surface area contributed by atoms with Crippen molar-refractivity contribution in [3.8, 4) is 5.75 Å². The fourth-order valence-electron chi connectivity index (χ4n) is 3.12. The number of aromatic carboxylic acids is 1. The molecule has 3 rings (SSSR count). The second-order valence-corrected chi connectivity index (χ2v) is 6.36. The molecule has 0 saturated heterocycles. The van der Waals surface area contributed by atoms with Crippen molar-refractivity contribution in [2.75, 3.05) is 5.32 Å². The van der Waals surface area contributed by atoms with E-state index < -0.39 is 17.7 Å². The van der Waals surface area contributed by atoms with E-state index in [1.165, 1.54) is 18.2 Å². The molecule has 0 heterocycles. The molecule has 2 N–H and O–H groups in total. The fourth-order valence-corrected chi connectivity index (χ4v) is 3.12. The van der Waals surface area contributed by atoms with Gasteiger partial charge in [-0.25, -0.2) is 9.18 Å². The first-order chi connectivity index (χ1) is 12.5. The molecule has 5 nitrogen and oxygen atoms in total. The van der Waals surface area contributed by atoms with Crippen LogP contribution in [0.15, 0.2) is 42.5 Å². The SMILES string of the molecule is O=C(Cc1ccccc1C(=O)O)Nc1ccc(OC2CCCC2)c(F)c1. The average Bonchev–Trinajstić information content (AvgIpc) is 3.10. The number of carboxylic acid groups (broad SMARTS) is 1. The minimum atomic E-state index is -1.09. The Hall–Kier alpha value is -2.89. The lowest BCUT2D eigenvalue weighted by atomic mass is 10.0. The van der Waals surface area contributed by atoms with E-state index in [2.05, 4.69) is 5.32 Å². The predicted octanol–water partition coefficient (Wildman–Crippen LogP) is 4.03. The second-order valence-electron chi connectivity index (χ2n) is 6.36. The molecule has 0 spiro atoms. The number of hydrogen-bond acceptors (Lipinski definition) is 3. The summed E-state index contributed by atoms with van der Waals surface area (Å²) in [6, 6.07) is 10.6. The molecular weight excluding hydrogens is 337 g/mol. The Balaban J connectivity index is 1.64. The van der Waals surface area contributed by atoms with Crippen LogP contribution in [0.25, 0.3) is 0 Å². The van der Waals surface area contributed by atoms with Crippen molar-refractivity contribution < 1.29 is 23.8 Å². The Morgan fingerprint density at radius 3 is 2.58 bits per heavy atom. The van der Waals surface area contributed by atoms with Gasteiger partial charge in [0.05, 0.1) is 18.1 Å². The summed E-state index contributed by atoms with van der Waals surface area (Å²) < 4.78 is 19.8. The van der Waals surface area contributed by atoms with Crippen LogP contribution in [0.4, 0.5) is 10.1 Å². The molecule has 0 bridgehead atoms. The van der Waals surface area contributed by atoms with Gasteiger partial charge in [-0.3, -0.25) is 4.79 Å². The average molecular weight is 357 g/mol. The Morgan fingerprint density at radius 1 is 1.15 bits per heavy atom. The van der Waals surface area contributed by atoms with Crippen molar-refractivity contribution >= 4 is 17.6 Å². The first-order valence-corrected chi connectivity index (χ1v) is 8.60. The van der Waals surface area contributed by atoms with Crippen molar-refractivity contribution in [3.05, 3.63) is 59.4 Å². The van der Waals surface area contributed by atoms with Crippen LogP contribution in [-0.4, -0.2) is 23.1 Å². The maximum atomic E-state index is 14.2. The van der Waals surface area contributed by atoms with Gasteiger partial charge >= 0.3 is 5.97 Å². The number of amides is 1. The van der Waals surface area contributed by atoms with E-state index in [9.17, 15) is 14.0 Å². The lowest BCUT2D eigenvalue weighted by Crippen LogP contribution is -2.17. The quantitative estimate of drug-likeness (QED) is 0.818. The number of ether oxygens (including phenoxy) is 1. The van der Waals surface area contributed by atoms with Crippen LogP contribution in [0.1, 0.15) is 41.6 Å². The summed E-state index contributed by atoms with van der Waals surface area (Å²) in [4.78, 5) is 23.4. The summed E-state index contributed by atoms with van der Waals surface area (Å²) in [6.07, 6.45) is 4.00. The maximum Gasteiger partial charge on any atom is 0.335 e. The molecule has 6 heteroatoms. The minimum Gasteiger partial charge on any atom is -0.487 e. The first-order valence-electron chi connectivity index (χ1n) is 8.60. The molecule has 136 valence electrons. The highest BCUT2D eigenvalue weighted by molar-refractivity contribution is 5.96. The van der Waals surface area contributed by atoms with Crippen molar-refractivity contribution in [2.24, 2.45) is 0 Å². The molecule has 0 atom stereocenters. The number of benzene rings is 2. The van der Waals surface area contributed by atoms with Crippen LogP contribution in [-0.2, 0) is 11.2 Å². The zero-order valence-corrected chi connectivity index (χ0v) is 14.2. The molecule has 1 saturated carbocycles. The van der Waals surface area contributed by atoms with Gasteiger partial charge in [-0.05, 0) is 49.4 Å². The summed E-state index contributed by atoms with van der Waals surface area (Å²) >= 11 is 0. The molecule has 1 aliphatic rings. The lowest BCUT2D eigenvalue weighted by molar-refractivity contribution is -0.115. The third-order valence-corrected chi connectivity index (χ3v) is 4.41. The van der Waals surface area contributed by atoms with Crippen LogP contribution in [0.3, 0.4) is 0 Å². The van der Waals surface area contributed by atoms with Crippen LogP contribution in [0.2, 0.25) is 0 Å². The van der Waals surface area contributed by atoms with Gasteiger partial charge < -0.3 is 15.2 Å². The van der Waals surface area contributed by atoms with Crippen molar-refractivity contribution in [1.82, 2.24) is 0 Å². The van der Waals surface area contributed by atoms with Gasteiger partial charge in [0.25, 0.3) is 0 Å². The number of carboxylic acids is 1. The van der Waals surface area contributed by atoms with Crippen molar-refractivity contribution in [2.45, 2.75) is 38.2 Å². The van der Waals surface area contributed by atoms with E-state index in [1.54, 1.807) is 24.3 Å². The van der Waals surface area contributed by atoms with E-state index in [0.717, 1.165) is 25.7 Å². The molecule has 2 aromatic carbocycles. The Kier molecular flexibility index (Phi) is 5.51. The Bertz CT molecular complexity index is 815. The van der Waals surface area contributed by atoms with E-state index in [0.29, 0.717) is 11.3 Å². The molecule has 1 aliphatic carbocycles. The number of carbonyl (C=O) groups is 2. The van der Waals surface area contributed by atoms with E-state index in [1.807, 2.05) is 0 Å². The molecule has 2 aromatic rings. The standard InChI is InChI=1S/C20H20FNO4/c21-17-12-14(9-10-18(17)26-15-6-2-3-7-15)22-19(23)11-13-5-1-4-8-16(13)20(24)25/h1,4-5,8-10,12,15H,2-3,6-7,11H2,(H,22,23)(H,24,25).